The normalized spacial score (nSPS) is 20.8. The molecule has 0 spiro atoms. The monoisotopic (exact) mass is 403 g/mol. The van der Waals surface area contributed by atoms with Crippen molar-refractivity contribution in [1.82, 2.24) is 4.98 Å². The van der Waals surface area contributed by atoms with Gasteiger partial charge in [0.05, 0.1) is 33.7 Å². The molecule has 1 saturated carbocycles. The Morgan fingerprint density at radius 1 is 1.15 bits per heavy atom. The van der Waals surface area contributed by atoms with Crippen LogP contribution in [-0.2, 0) is 20.8 Å². The molecule has 1 aromatic carbocycles. The number of benzene rings is 1. The maximum absolute atomic E-state index is 13.6. The van der Waals surface area contributed by atoms with Crippen LogP contribution in [0.15, 0.2) is 41.4 Å². The van der Waals surface area contributed by atoms with E-state index in [9.17, 15) is 26.0 Å². The third kappa shape index (κ3) is 3.98. The summed E-state index contributed by atoms with van der Waals surface area (Å²) in [6.45, 7) is 0. The standard InChI is InChI=1S/C18H17F4NO3S/c1-26-13-4-5-14(9-13)27(24,25)17-7-2-11(8-15(17)18(20,21)22)16-6-3-12(19)10-23-16/h2-3,6-8,10,13-14H,4-5,9H2,1H3. The quantitative estimate of drug-likeness (QED) is 0.717. The van der Waals surface area contributed by atoms with Crippen molar-refractivity contribution in [1.29, 1.82) is 0 Å². The Morgan fingerprint density at radius 2 is 1.89 bits per heavy atom. The van der Waals surface area contributed by atoms with Crippen LogP contribution < -0.4 is 0 Å². The summed E-state index contributed by atoms with van der Waals surface area (Å²) in [5.41, 5.74) is -1.07. The van der Waals surface area contributed by atoms with E-state index in [0.29, 0.717) is 6.42 Å². The minimum atomic E-state index is -4.86. The summed E-state index contributed by atoms with van der Waals surface area (Å²) in [5.74, 6) is -0.622. The van der Waals surface area contributed by atoms with Gasteiger partial charge in [0.25, 0.3) is 0 Å². The van der Waals surface area contributed by atoms with Crippen LogP contribution in [0.5, 0.6) is 0 Å². The van der Waals surface area contributed by atoms with E-state index in [-0.39, 0.29) is 30.2 Å². The lowest BCUT2D eigenvalue weighted by atomic mass is 10.1. The second-order valence-electron chi connectivity index (χ2n) is 6.41. The molecule has 3 rings (SSSR count). The number of methoxy groups -OCH3 is 1. The van der Waals surface area contributed by atoms with Gasteiger partial charge in [0.1, 0.15) is 5.82 Å². The number of halogens is 4. The van der Waals surface area contributed by atoms with E-state index in [1.165, 1.54) is 19.2 Å². The lowest BCUT2D eigenvalue weighted by molar-refractivity contribution is -0.139. The molecule has 0 saturated heterocycles. The molecule has 0 bridgehead atoms. The van der Waals surface area contributed by atoms with Crippen molar-refractivity contribution in [2.45, 2.75) is 41.7 Å². The predicted octanol–water partition coefficient (Wildman–Crippen LogP) is 4.25. The lowest BCUT2D eigenvalue weighted by Crippen LogP contribution is -2.23. The van der Waals surface area contributed by atoms with Gasteiger partial charge >= 0.3 is 6.18 Å². The average Bonchev–Trinajstić information content (AvgIpc) is 3.11. The summed E-state index contributed by atoms with van der Waals surface area (Å²) in [5, 5.41) is -0.918. The zero-order valence-corrected chi connectivity index (χ0v) is 15.1. The first kappa shape index (κ1) is 19.8. The number of nitrogens with zero attached hydrogens (tertiary/aromatic N) is 1. The van der Waals surface area contributed by atoms with Crippen molar-refractivity contribution in [3.05, 3.63) is 47.9 Å². The number of aromatic nitrogens is 1. The van der Waals surface area contributed by atoms with Crippen molar-refractivity contribution in [2.24, 2.45) is 0 Å². The van der Waals surface area contributed by atoms with Gasteiger partial charge in [-0.25, -0.2) is 12.8 Å². The molecule has 0 amide bonds. The SMILES string of the molecule is COC1CCC(S(=O)(=O)c2ccc(-c3ccc(F)cn3)cc2C(F)(F)F)C1. The maximum Gasteiger partial charge on any atom is 0.417 e. The Morgan fingerprint density at radius 3 is 2.44 bits per heavy atom. The molecule has 2 atom stereocenters. The molecule has 1 heterocycles. The van der Waals surface area contributed by atoms with Crippen LogP contribution in [0.2, 0.25) is 0 Å². The van der Waals surface area contributed by atoms with E-state index in [4.69, 9.17) is 4.74 Å². The molecule has 4 nitrogen and oxygen atoms in total. The summed E-state index contributed by atoms with van der Waals surface area (Å²) in [4.78, 5) is 3.01. The fraction of sp³-hybridized carbons (Fsp3) is 0.389. The van der Waals surface area contributed by atoms with Crippen LogP contribution in [0.4, 0.5) is 17.6 Å². The highest BCUT2D eigenvalue weighted by Crippen LogP contribution is 2.40. The minimum absolute atomic E-state index is 0.0578. The Balaban J connectivity index is 2.06. The van der Waals surface area contributed by atoms with Gasteiger partial charge in [0.2, 0.25) is 0 Å². The van der Waals surface area contributed by atoms with E-state index in [2.05, 4.69) is 4.98 Å². The van der Waals surface area contributed by atoms with E-state index in [1.54, 1.807) is 0 Å². The number of alkyl halides is 3. The smallest absolute Gasteiger partial charge is 0.381 e. The van der Waals surface area contributed by atoms with Gasteiger partial charge in [-0.15, -0.1) is 0 Å². The van der Waals surface area contributed by atoms with Crippen LogP contribution in [0.25, 0.3) is 11.3 Å². The number of pyridine rings is 1. The second kappa shape index (κ2) is 7.20. The second-order valence-corrected chi connectivity index (χ2v) is 8.60. The van der Waals surface area contributed by atoms with E-state index in [0.717, 1.165) is 24.4 Å². The third-order valence-corrected chi connectivity index (χ3v) is 7.00. The van der Waals surface area contributed by atoms with Crippen molar-refractivity contribution < 1.29 is 30.7 Å². The first-order chi connectivity index (χ1) is 12.6. The third-order valence-electron chi connectivity index (χ3n) is 4.72. The van der Waals surface area contributed by atoms with Gasteiger partial charge in [0.15, 0.2) is 9.84 Å². The number of hydrogen-bond donors (Lipinski definition) is 0. The first-order valence-electron chi connectivity index (χ1n) is 8.23. The first-order valence-corrected chi connectivity index (χ1v) is 9.77. The molecule has 9 heteroatoms. The number of ether oxygens (including phenoxy) is 1. The number of sulfone groups is 1. The molecule has 0 aliphatic heterocycles. The summed E-state index contributed by atoms with van der Waals surface area (Å²) in [7, 11) is -2.73. The van der Waals surface area contributed by atoms with Crippen LogP contribution in [0.1, 0.15) is 24.8 Å². The molecular weight excluding hydrogens is 386 g/mol. The molecule has 1 aromatic heterocycles. The molecule has 2 aromatic rings. The van der Waals surface area contributed by atoms with Gasteiger partial charge in [-0.1, -0.05) is 6.07 Å². The molecule has 1 aliphatic rings. The fourth-order valence-corrected chi connectivity index (χ4v) is 5.29. The van der Waals surface area contributed by atoms with Gasteiger partial charge < -0.3 is 4.74 Å². The van der Waals surface area contributed by atoms with Crippen LogP contribution >= 0.6 is 0 Å². The summed E-state index contributed by atoms with van der Waals surface area (Å²) >= 11 is 0. The largest absolute Gasteiger partial charge is 0.417 e. The maximum atomic E-state index is 13.6. The van der Waals surface area contributed by atoms with E-state index >= 15 is 0 Å². The van der Waals surface area contributed by atoms with Crippen LogP contribution in [0, 0.1) is 5.82 Å². The van der Waals surface area contributed by atoms with Crippen LogP contribution in [-0.4, -0.2) is 31.9 Å². The zero-order chi connectivity index (χ0) is 19.8. The Hall–Kier alpha value is -2.00. The highest BCUT2D eigenvalue weighted by atomic mass is 32.2. The molecule has 146 valence electrons. The van der Waals surface area contributed by atoms with Gasteiger partial charge in [-0.05, 0) is 43.5 Å². The average molecular weight is 403 g/mol. The van der Waals surface area contributed by atoms with E-state index in [1.807, 2.05) is 0 Å². The fourth-order valence-electron chi connectivity index (χ4n) is 3.28. The van der Waals surface area contributed by atoms with Crippen molar-refractivity contribution in [2.75, 3.05) is 7.11 Å². The summed E-state index contributed by atoms with van der Waals surface area (Å²) in [6.07, 6.45) is -3.35. The molecule has 0 radical (unpaired) electrons. The van der Waals surface area contributed by atoms with Crippen molar-refractivity contribution in [3.8, 4) is 11.3 Å². The topological polar surface area (TPSA) is 56.3 Å². The Bertz CT molecular complexity index is 927. The zero-order valence-electron chi connectivity index (χ0n) is 14.3. The highest BCUT2D eigenvalue weighted by Gasteiger charge is 2.42. The van der Waals surface area contributed by atoms with Crippen molar-refractivity contribution >= 4 is 9.84 Å². The molecule has 1 aliphatic carbocycles. The molecule has 1 fully saturated rings. The minimum Gasteiger partial charge on any atom is -0.381 e. The van der Waals surface area contributed by atoms with Crippen molar-refractivity contribution in [3.63, 3.8) is 0 Å². The van der Waals surface area contributed by atoms with Gasteiger partial charge in [-0.3, -0.25) is 4.98 Å². The van der Waals surface area contributed by atoms with Crippen LogP contribution in [0.3, 0.4) is 0 Å². The molecule has 27 heavy (non-hydrogen) atoms. The lowest BCUT2D eigenvalue weighted by Gasteiger charge is -2.18. The van der Waals surface area contributed by atoms with Gasteiger partial charge in [0, 0.05) is 12.7 Å². The Labute approximate surface area is 154 Å². The molecule has 0 N–H and O–H groups in total. The molecule has 2 unspecified atom stereocenters. The summed E-state index contributed by atoms with van der Waals surface area (Å²) < 4.78 is 84.6. The predicted molar refractivity (Wildman–Crippen MR) is 90.3 cm³/mol. The molecular formula is C18H17F4NO3S. The highest BCUT2D eigenvalue weighted by molar-refractivity contribution is 7.92. The number of hydrogen-bond acceptors (Lipinski definition) is 4. The van der Waals surface area contributed by atoms with Gasteiger partial charge in [-0.2, -0.15) is 13.2 Å². The summed E-state index contributed by atoms with van der Waals surface area (Å²) in [6, 6.07) is 5.27. The van der Waals surface area contributed by atoms with E-state index < -0.39 is 37.5 Å². The Kier molecular flexibility index (Phi) is 5.27. The number of rotatable bonds is 4.